The van der Waals surface area contributed by atoms with Crippen LogP contribution in [0.5, 0.6) is 0 Å². The average Bonchev–Trinajstić information content (AvgIpc) is 2.22. The summed E-state index contributed by atoms with van der Waals surface area (Å²) in [4.78, 5) is 0. The van der Waals surface area contributed by atoms with Gasteiger partial charge in [-0.05, 0) is 36.6 Å². The summed E-state index contributed by atoms with van der Waals surface area (Å²) in [7, 11) is 0. The molecular weight excluding hydrogens is 193 g/mol. The third-order valence-electron chi connectivity index (χ3n) is 2.70. The van der Waals surface area contributed by atoms with E-state index in [1.165, 1.54) is 12.1 Å². The van der Waals surface area contributed by atoms with Crippen molar-refractivity contribution >= 4 is 0 Å². The van der Waals surface area contributed by atoms with Gasteiger partial charge >= 0.3 is 0 Å². The maximum atomic E-state index is 13.1. The Balaban J connectivity index is 3.16. The van der Waals surface area contributed by atoms with Gasteiger partial charge in [0.15, 0.2) is 0 Å². The van der Waals surface area contributed by atoms with Gasteiger partial charge in [-0.15, -0.1) is 0 Å². The largest absolute Gasteiger partial charge is 0.384 e. The quantitative estimate of drug-likeness (QED) is 0.801. The van der Waals surface area contributed by atoms with Crippen LogP contribution in [0, 0.1) is 12.7 Å². The lowest BCUT2D eigenvalue weighted by atomic mass is 9.86. The van der Waals surface area contributed by atoms with Gasteiger partial charge in [-0.2, -0.15) is 0 Å². The molecule has 0 aromatic heterocycles. The Morgan fingerprint density at radius 3 is 2.67 bits per heavy atom. The van der Waals surface area contributed by atoms with Gasteiger partial charge in [0.25, 0.3) is 0 Å². The molecule has 0 bridgehead atoms. The highest BCUT2D eigenvalue weighted by Gasteiger charge is 2.28. The van der Waals surface area contributed by atoms with Gasteiger partial charge in [0.2, 0.25) is 0 Å². The van der Waals surface area contributed by atoms with Gasteiger partial charge in [-0.1, -0.05) is 19.4 Å². The first-order chi connectivity index (χ1) is 7.03. The average molecular weight is 211 g/mol. The van der Waals surface area contributed by atoms with Gasteiger partial charge < -0.3 is 10.8 Å². The standard InChI is InChI=1S/C12H18FNO/c1-3-6-12(15,8-14)11-7-10(13)5-4-9(11)2/h4-5,7,15H,3,6,8,14H2,1-2H3. The second kappa shape index (κ2) is 4.73. The van der Waals surface area contributed by atoms with E-state index in [0.717, 1.165) is 12.0 Å². The van der Waals surface area contributed by atoms with E-state index in [0.29, 0.717) is 12.0 Å². The molecule has 3 heteroatoms. The second-order valence-corrected chi connectivity index (χ2v) is 3.94. The third kappa shape index (κ3) is 2.55. The Bertz CT molecular complexity index is 340. The fourth-order valence-electron chi connectivity index (χ4n) is 1.86. The van der Waals surface area contributed by atoms with E-state index in [2.05, 4.69) is 0 Å². The zero-order valence-electron chi connectivity index (χ0n) is 9.26. The lowest BCUT2D eigenvalue weighted by molar-refractivity contribution is 0.0350. The number of aryl methyl sites for hydroxylation is 1. The van der Waals surface area contributed by atoms with Crippen LogP contribution in [-0.4, -0.2) is 11.7 Å². The Labute approximate surface area is 89.9 Å². The molecule has 0 aliphatic carbocycles. The van der Waals surface area contributed by atoms with Crippen LogP contribution in [0.2, 0.25) is 0 Å². The SMILES string of the molecule is CCCC(O)(CN)c1cc(F)ccc1C. The van der Waals surface area contributed by atoms with E-state index in [-0.39, 0.29) is 12.4 Å². The molecule has 0 aliphatic heterocycles. The molecule has 1 unspecified atom stereocenters. The fourth-order valence-corrected chi connectivity index (χ4v) is 1.86. The summed E-state index contributed by atoms with van der Waals surface area (Å²) in [5.41, 5.74) is 5.95. The highest BCUT2D eigenvalue weighted by atomic mass is 19.1. The topological polar surface area (TPSA) is 46.2 Å². The van der Waals surface area contributed by atoms with Crippen LogP contribution in [0.3, 0.4) is 0 Å². The summed E-state index contributed by atoms with van der Waals surface area (Å²) >= 11 is 0. The number of aliphatic hydroxyl groups is 1. The molecule has 0 amide bonds. The van der Waals surface area contributed by atoms with Crippen LogP contribution in [0.25, 0.3) is 0 Å². The number of halogens is 1. The first kappa shape index (κ1) is 12.1. The number of benzene rings is 1. The van der Waals surface area contributed by atoms with Crippen LogP contribution >= 0.6 is 0 Å². The van der Waals surface area contributed by atoms with Crippen molar-refractivity contribution in [3.8, 4) is 0 Å². The lowest BCUT2D eigenvalue weighted by Gasteiger charge is -2.28. The van der Waals surface area contributed by atoms with Crippen molar-refractivity contribution in [3.63, 3.8) is 0 Å². The Morgan fingerprint density at radius 2 is 2.13 bits per heavy atom. The predicted octanol–water partition coefficient (Wildman–Crippen LogP) is 2.08. The molecule has 15 heavy (non-hydrogen) atoms. The first-order valence-electron chi connectivity index (χ1n) is 5.22. The van der Waals surface area contributed by atoms with Gasteiger partial charge in [0.05, 0.1) is 0 Å². The molecular formula is C12H18FNO. The van der Waals surface area contributed by atoms with Crippen LogP contribution in [0.4, 0.5) is 4.39 Å². The minimum absolute atomic E-state index is 0.116. The third-order valence-corrected chi connectivity index (χ3v) is 2.70. The van der Waals surface area contributed by atoms with Gasteiger partial charge in [-0.3, -0.25) is 0 Å². The normalized spacial score (nSPS) is 15.0. The van der Waals surface area contributed by atoms with E-state index in [9.17, 15) is 9.50 Å². The summed E-state index contributed by atoms with van der Waals surface area (Å²) in [5.74, 6) is -0.335. The summed E-state index contributed by atoms with van der Waals surface area (Å²) in [6, 6.07) is 4.43. The van der Waals surface area contributed by atoms with Crippen molar-refractivity contribution in [1.82, 2.24) is 0 Å². The Hall–Kier alpha value is -0.930. The molecule has 0 saturated carbocycles. The number of hydrogen-bond donors (Lipinski definition) is 2. The molecule has 2 nitrogen and oxygen atoms in total. The molecule has 0 heterocycles. The summed E-state index contributed by atoms with van der Waals surface area (Å²) < 4.78 is 13.1. The van der Waals surface area contributed by atoms with Crippen LogP contribution in [-0.2, 0) is 5.60 Å². The summed E-state index contributed by atoms with van der Waals surface area (Å²) in [6.07, 6.45) is 1.36. The van der Waals surface area contributed by atoms with E-state index < -0.39 is 5.60 Å². The number of nitrogens with two attached hydrogens (primary N) is 1. The van der Waals surface area contributed by atoms with E-state index >= 15 is 0 Å². The zero-order chi connectivity index (χ0) is 11.5. The van der Waals surface area contributed by atoms with E-state index in [1.807, 2.05) is 13.8 Å². The molecule has 0 spiro atoms. The zero-order valence-corrected chi connectivity index (χ0v) is 9.26. The predicted molar refractivity (Wildman–Crippen MR) is 59.0 cm³/mol. The second-order valence-electron chi connectivity index (χ2n) is 3.94. The van der Waals surface area contributed by atoms with Crippen molar-refractivity contribution in [2.24, 2.45) is 5.73 Å². The minimum atomic E-state index is -1.10. The van der Waals surface area contributed by atoms with E-state index in [4.69, 9.17) is 5.73 Å². The van der Waals surface area contributed by atoms with Crippen molar-refractivity contribution in [1.29, 1.82) is 0 Å². The molecule has 1 aromatic rings. The summed E-state index contributed by atoms with van der Waals surface area (Å²) in [5, 5.41) is 10.3. The first-order valence-corrected chi connectivity index (χ1v) is 5.22. The number of rotatable bonds is 4. The van der Waals surface area contributed by atoms with Gasteiger partial charge in [0.1, 0.15) is 11.4 Å². The van der Waals surface area contributed by atoms with Crippen molar-refractivity contribution in [3.05, 3.63) is 35.1 Å². The molecule has 1 aromatic carbocycles. The van der Waals surface area contributed by atoms with Crippen molar-refractivity contribution in [2.75, 3.05) is 6.54 Å². The van der Waals surface area contributed by atoms with Crippen LogP contribution < -0.4 is 5.73 Å². The smallest absolute Gasteiger partial charge is 0.123 e. The van der Waals surface area contributed by atoms with Gasteiger partial charge in [0, 0.05) is 6.54 Å². The molecule has 84 valence electrons. The molecule has 0 radical (unpaired) electrons. The lowest BCUT2D eigenvalue weighted by Crippen LogP contribution is -2.35. The van der Waals surface area contributed by atoms with Crippen molar-refractivity contribution < 1.29 is 9.50 Å². The maximum absolute atomic E-state index is 13.1. The molecule has 0 saturated heterocycles. The highest BCUT2D eigenvalue weighted by molar-refractivity contribution is 5.32. The van der Waals surface area contributed by atoms with Crippen LogP contribution in [0.15, 0.2) is 18.2 Å². The van der Waals surface area contributed by atoms with E-state index in [1.54, 1.807) is 6.07 Å². The number of hydrogen-bond acceptors (Lipinski definition) is 2. The molecule has 1 rings (SSSR count). The molecule has 0 fully saturated rings. The highest BCUT2D eigenvalue weighted by Crippen LogP contribution is 2.28. The molecule has 1 atom stereocenters. The molecule has 3 N–H and O–H groups in total. The summed E-state index contributed by atoms with van der Waals surface area (Å²) in [6.45, 7) is 3.94. The molecule has 0 aliphatic rings. The van der Waals surface area contributed by atoms with Gasteiger partial charge in [-0.25, -0.2) is 4.39 Å². The van der Waals surface area contributed by atoms with Crippen LogP contribution in [0.1, 0.15) is 30.9 Å². The Kier molecular flexibility index (Phi) is 3.83. The maximum Gasteiger partial charge on any atom is 0.123 e. The fraction of sp³-hybridized carbons (Fsp3) is 0.500. The van der Waals surface area contributed by atoms with Crippen molar-refractivity contribution in [2.45, 2.75) is 32.3 Å². The Morgan fingerprint density at radius 1 is 1.47 bits per heavy atom. The minimum Gasteiger partial charge on any atom is -0.384 e. The monoisotopic (exact) mass is 211 g/mol.